The zero-order valence-corrected chi connectivity index (χ0v) is 21.6. The molecule has 1 unspecified atom stereocenters. The quantitative estimate of drug-likeness (QED) is 0.188. The molecule has 0 spiro atoms. The Kier molecular flexibility index (Phi) is 12.6. The van der Waals surface area contributed by atoms with E-state index in [2.05, 4.69) is 23.8 Å². The second-order valence-corrected chi connectivity index (χ2v) is 9.24. The second kappa shape index (κ2) is 15.6. The molecular weight excluding hydrogens is 474 g/mol. The molecule has 3 amide bonds. The van der Waals surface area contributed by atoms with Crippen LogP contribution in [0.25, 0.3) is 0 Å². The number of allylic oxidation sites excluding steroid dienone is 2. The lowest BCUT2D eigenvalue weighted by molar-refractivity contribution is -0.156. The third-order valence-corrected chi connectivity index (χ3v) is 6.28. The Morgan fingerprint density at radius 3 is 2.30 bits per heavy atom. The van der Waals surface area contributed by atoms with E-state index < -0.39 is 41.8 Å². The fourth-order valence-corrected chi connectivity index (χ4v) is 4.17. The van der Waals surface area contributed by atoms with E-state index in [0.29, 0.717) is 25.1 Å². The largest absolute Gasteiger partial charge is 0.461 e. The Morgan fingerprint density at radius 1 is 1.05 bits per heavy atom. The topological polar surface area (TPSA) is 125 Å². The molecular formula is C28H39N3O6. The summed E-state index contributed by atoms with van der Waals surface area (Å²) in [5.74, 6) is -3.39. The molecule has 1 aliphatic heterocycles. The molecule has 2 rings (SSSR count). The average molecular weight is 514 g/mol. The van der Waals surface area contributed by atoms with Crippen molar-refractivity contribution in [2.24, 2.45) is 11.8 Å². The van der Waals surface area contributed by atoms with Gasteiger partial charge in [-0.15, -0.1) is 13.2 Å². The van der Waals surface area contributed by atoms with Crippen LogP contribution >= 0.6 is 0 Å². The first-order valence-corrected chi connectivity index (χ1v) is 12.7. The highest BCUT2D eigenvalue weighted by molar-refractivity contribution is 6.00. The van der Waals surface area contributed by atoms with Crippen LogP contribution < -0.4 is 10.6 Å². The summed E-state index contributed by atoms with van der Waals surface area (Å²) in [6.07, 6.45) is 4.79. The van der Waals surface area contributed by atoms with Gasteiger partial charge in [0.25, 0.3) is 0 Å². The maximum atomic E-state index is 12.9. The molecule has 1 heterocycles. The van der Waals surface area contributed by atoms with Crippen molar-refractivity contribution < 1.29 is 29.0 Å². The predicted molar refractivity (Wildman–Crippen MR) is 140 cm³/mol. The maximum absolute atomic E-state index is 12.9. The van der Waals surface area contributed by atoms with E-state index in [1.807, 2.05) is 6.07 Å². The molecule has 1 aliphatic rings. The molecule has 1 fully saturated rings. The Labute approximate surface area is 218 Å². The highest BCUT2D eigenvalue weighted by Crippen LogP contribution is 2.18. The summed E-state index contributed by atoms with van der Waals surface area (Å²) in [6.45, 7) is 10.0. The molecule has 0 saturated carbocycles. The molecule has 1 aromatic carbocycles. The summed E-state index contributed by atoms with van der Waals surface area (Å²) in [6, 6.07) is 8.31. The minimum Gasteiger partial charge on any atom is -0.461 e. The van der Waals surface area contributed by atoms with E-state index in [1.165, 1.54) is 6.08 Å². The van der Waals surface area contributed by atoms with Gasteiger partial charge in [0.2, 0.25) is 17.7 Å². The van der Waals surface area contributed by atoms with Crippen molar-refractivity contribution >= 4 is 23.7 Å². The lowest BCUT2D eigenvalue weighted by Gasteiger charge is -2.23. The highest BCUT2D eigenvalue weighted by Gasteiger charge is 2.30. The average Bonchev–Trinajstić information content (AvgIpc) is 3.44. The number of likely N-dealkylation sites (tertiary alicyclic amines) is 1. The number of nitrogens with zero attached hydrogens (tertiary/aromatic N) is 1. The van der Waals surface area contributed by atoms with Gasteiger partial charge < -0.3 is 25.4 Å². The molecule has 1 aromatic rings. The van der Waals surface area contributed by atoms with Crippen molar-refractivity contribution in [2.75, 3.05) is 26.2 Å². The van der Waals surface area contributed by atoms with Crippen LogP contribution in [0.5, 0.6) is 0 Å². The van der Waals surface area contributed by atoms with Gasteiger partial charge in [-0.05, 0) is 38.2 Å². The fraction of sp³-hybridized carbons (Fsp3) is 0.500. The lowest BCUT2D eigenvalue weighted by Crippen LogP contribution is -2.45. The van der Waals surface area contributed by atoms with Gasteiger partial charge in [-0.25, -0.2) is 0 Å². The number of benzene rings is 1. The zero-order valence-electron chi connectivity index (χ0n) is 21.6. The van der Waals surface area contributed by atoms with Crippen molar-refractivity contribution in [1.29, 1.82) is 0 Å². The Hall–Kier alpha value is -3.46. The van der Waals surface area contributed by atoms with Crippen LogP contribution in [0.1, 0.15) is 50.6 Å². The van der Waals surface area contributed by atoms with Crippen molar-refractivity contribution in [1.82, 2.24) is 15.5 Å². The molecule has 4 atom stereocenters. The van der Waals surface area contributed by atoms with Crippen LogP contribution in [0.15, 0.2) is 55.6 Å². The molecule has 3 N–H and O–H groups in total. The number of carbonyl (C=O) groups excluding carboxylic acids is 4. The van der Waals surface area contributed by atoms with Gasteiger partial charge in [0.15, 0.2) is 0 Å². The molecule has 0 aromatic heterocycles. The van der Waals surface area contributed by atoms with E-state index in [9.17, 15) is 24.3 Å². The Morgan fingerprint density at radius 2 is 1.70 bits per heavy atom. The number of aliphatic hydroxyl groups is 1. The third kappa shape index (κ3) is 9.49. The van der Waals surface area contributed by atoms with Gasteiger partial charge in [0.05, 0.1) is 25.1 Å². The van der Waals surface area contributed by atoms with Crippen LogP contribution in [0.4, 0.5) is 0 Å². The molecule has 9 heteroatoms. The summed E-state index contributed by atoms with van der Waals surface area (Å²) in [7, 11) is 0. The minimum atomic E-state index is -1.07. The van der Waals surface area contributed by atoms with Crippen LogP contribution in [0.3, 0.4) is 0 Å². The predicted octanol–water partition coefficient (Wildman–Crippen LogP) is 2.28. The fourth-order valence-electron chi connectivity index (χ4n) is 4.17. The Bertz CT molecular complexity index is 929. The molecule has 0 aliphatic carbocycles. The number of amides is 3. The third-order valence-electron chi connectivity index (χ3n) is 6.28. The number of esters is 1. The number of ether oxygens (including phenoxy) is 1. The molecule has 0 radical (unpaired) electrons. The van der Waals surface area contributed by atoms with Gasteiger partial charge in [0, 0.05) is 19.5 Å². The van der Waals surface area contributed by atoms with Crippen molar-refractivity contribution in [2.45, 2.75) is 51.2 Å². The summed E-state index contributed by atoms with van der Waals surface area (Å²) in [5.41, 5.74) is 0.717. The smallest absolute Gasteiger partial charge is 0.310 e. The molecule has 1 saturated heterocycles. The number of aliphatic hydroxyl groups excluding tert-OH is 1. The summed E-state index contributed by atoms with van der Waals surface area (Å²) >= 11 is 0. The second-order valence-electron chi connectivity index (χ2n) is 9.24. The first-order chi connectivity index (χ1) is 17.8. The standard InChI is InChI=1S/C28H39N3O6/c1-4-11-22(17-25(33)31-15-9-10-16-31)28(36)37-20(3)18-29-26(34)23(12-5-2)27(35)30-24(19-32)21-13-7-6-8-14-21/h4-8,13-14,20,22-24,32H,1-2,9-12,15-19H2,3H3,(H,29,34)(H,30,35)/t20-,22+,23?,24-/m0/s1. The van der Waals surface area contributed by atoms with Crippen molar-refractivity contribution in [3.63, 3.8) is 0 Å². The van der Waals surface area contributed by atoms with Crippen molar-refractivity contribution in [3.05, 3.63) is 61.2 Å². The molecule has 202 valence electrons. The summed E-state index contributed by atoms with van der Waals surface area (Å²) in [5, 5.41) is 15.1. The van der Waals surface area contributed by atoms with E-state index >= 15 is 0 Å². The first kappa shape index (κ1) is 29.8. The van der Waals surface area contributed by atoms with E-state index in [1.54, 1.807) is 42.2 Å². The lowest BCUT2D eigenvalue weighted by atomic mass is 10.0. The van der Waals surface area contributed by atoms with Crippen LogP contribution in [-0.4, -0.2) is 66.0 Å². The van der Waals surface area contributed by atoms with Gasteiger partial charge >= 0.3 is 5.97 Å². The highest BCUT2D eigenvalue weighted by atomic mass is 16.5. The first-order valence-electron chi connectivity index (χ1n) is 12.7. The molecule has 37 heavy (non-hydrogen) atoms. The van der Waals surface area contributed by atoms with Crippen molar-refractivity contribution in [3.8, 4) is 0 Å². The maximum Gasteiger partial charge on any atom is 0.310 e. The monoisotopic (exact) mass is 513 g/mol. The normalized spacial score (nSPS) is 16.1. The van der Waals surface area contributed by atoms with Crippen LogP contribution in [0, 0.1) is 11.8 Å². The van der Waals surface area contributed by atoms with Crippen LogP contribution in [-0.2, 0) is 23.9 Å². The molecule has 9 nitrogen and oxygen atoms in total. The summed E-state index contributed by atoms with van der Waals surface area (Å²) in [4.78, 5) is 52.6. The van der Waals surface area contributed by atoms with E-state index in [4.69, 9.17) is 4.74 Å². The minimum absolute atomic E-state index is 0.00547. The number of hydrogen-bond donors (Lipinski definition) is 3. The Balaban J connectivity index is 1.90. The van der Waals surface area contributed by atoms with Gasteiger partial charge in [-0.3, -0.25) is 19.2 Å². The van der Waals surface area contributed by atoms with Gasteiger partial charge in [-0.1, -0.05) is 42.5 Å². The van der Waals surface area contributed by atoms with Gasteiger partial charge in [0.1, 0.15) is 12.0 Å². The van der Waals surface area contributed by atoms with E-state index in [-0.39, 0.29) is 31.9 Å². The van der Waals surface area contributed by atoms with Gasteiger partial charge in [-0.2, -0.15) is 0 Å². The number of rotatable bonds is 15. The van der Waals surface area contributed by atoms with E-state index in [0.717, 1.165) is 12.8 Å². The number of hydrogen-bond acceptors (Lipinski definition) is 6. The van der Waals surface area contributed by atoms with Crippen LogP contribution in [0.2, 0.25) is 0 Å². The number of carbonyl (C=O) groups is 4. The summed E-state index contributed by atoms with van der Waals surface area (Å²) < 4.78 is 5.49. The zero-order chi connectivity index (χ0) is 27.2. The molecule has 0 bridgehead atoms. The SMILES string of the molecule is C=CCC(C(=O)NC[C@H](C)OC(=O)[C@H](CC=C)CC(=O)N1CCCC1)C(=O)N[C@@H](CO)c1ccccc1. The number of nitrogens with one attached hydrogen (secondary N) is 2.